The number of nitrogens with zero attached hydrogens (tertiary/aromatic N) is 1. The summed E-state index contributed by atoms with van der Waals surface area (Å²) in [5.74, 6) is -0.0418. The number of nitrogens with one attached hydrogen (secondary N) is 1. The number of carbonyl (C=O) groups excluding carboxylic acids is 2. The first kappa shape index (κ1) is 18.2. The highest BCUT2D eigenvalue weighted by atomic mass is 32.1. The molecule has 2 amide bonds. The molecule has 0 unspecified atom stereocenters. The fourth-order valence-corrected chi connectivity index (χ4v) is 5.46. The minimum atomic E-state index is -0.144. The van der Waals surface area contributed by atoms with Gasteiger partial charge in [0.25, 0.3) is 11.8 Å². The Morgan fingerprint density at radius 2 is 1.85 bits per heavy atom. The molecule has 1 saturated heterocycles. The molecule has 4 rings (SSSR count). The van der Waals surface area contributed by atoms with E-state index < -0.39 is 0 Å². The van der Waals surface area contributed by atoms with E-state index in [0.29, 0.717) is 5.56 Å². The van der Waals surface area contributed by atoms with Gasteiger partial charge in [0.1, 0.15) is 5.00 Å². The van der Waals surface area contributed by atoms with Gasteiger partial charge in [-0.25, -0.2) is 0 Å². The van der Waals surface area contributed by atoms with Crippen molar-refractivity contribution in [2.45, 2.75) is 57.9 Å². The number of aryl methyl sites for hydroxylation is 1. The summed E-state index contributed by atoms with van der Waals surface area (Å²) in [7, 11) is 0. The van der Waals surface area contributed by atoms with Crippen molar-refractivity contribution in [1.82, 2.24) is 4.90 Å². The van der Waals surface area contributed by atoms with Gasteiger partial charge in [0, 0.05) is 23.0 Å². The van der Waals surface area contributed by atoms with E-state index in [9.17, 15) is 9.59 Å². The molecule has 0 bridgehead atoms. The van der Waals surface area contributed by atoms with E-state index in [2.05, 4.69) is 12.2 Å². The molecule has 0 saturated carbocycles. The fraction of sp³-hybridized carbons (Fsp3) is 0.455. The number of carbonyl (C=O) groups is 2. The van der Waals surface area contributed by atoms with Gasteiger partial charge in [0.15, 0.2) is 0 Å². The van der Waals surface area contributed by atoms with Gasteiger partial charge in [-0.2, -0.15) is 0 Å². The van der Waals surface area contributed by atoms with Crippen molar-refractivity contribution in [1.29, 1.82) is 0 Å². The number of rotatable bonds is 3. The molecule has 0 radical (unpaired) electrons. The summed E-state index contributed by atoms with van der Waals surface area (Å²) in [4.78, 5) is 29.5. The standard InChI is InChI=1S/C22H26N2O2S/c1-15-9-7-8-14-24(15)22(26)19-17-12-5-6-13-18(17)27-21(19)23-20(25)16-10-3-2-4-11-16/h2-4,10-11,15H,5-9,12-14H2,1H3,(H,23,25)/t15-/m1/s1. The molecule has 2 aromatic rings. The number of hydrogen-bond acceptors (Lipinski definition) is 3. The second-order valence-electron chi connectivity index (χ2n) is 7.58. The average Bonchev–Trinajstić information content (AvgIpc) is 3.06. The molecule has 1 N–H and O–H groups in total. The highest BCUT2D eigenvalue weighted by Crippen LogP contribution is 2.39. The molecule has 1 aliphatic heterocycles. The van der Waals surface area contributed by atoms with Crippen LogP contribution in [-0.2, 0) is 12.8 Å². The summed E-state index contributed by atoms with van der Waals surface area (Å²) in [6.45, 7) is 2.95. The number of fused-ring (bicyclic) bond motifs is 1. The van der Waals surface area contributed by atoms with E-state index in [0.717, 1.165) is 55.6 Å². The molecule has 2 aliphatic rings. The fourth-order valence-electron chi connectivity index (χ4n) is 4.19. The quantitative estimate of drug-likeness (QED) is 0.821. The van der Waals surface area contributed by atoms with Crippen molar-refractivity contribution in [3.05, 3.63) is 51.9 Å². The van der Waals surface area contributed by atoms with Gasteiger partial charge in [-0.3, -0.25) is 9.59 Å². The van der Waals surface area contributed by atoms with E-state index >= 15 is 0 Å². The zero-order valence-electron chi connectivity index (χ0n) is 15.8. The Morgan fingerprint density at radius 3 is 2.63 bits per heavy atom. The van der Waals surface area contributed by atoms with Crippen LogP contribution < -0.4 is 5.32 Å². The van der Waals surface area contributed by atoms with Crippen molar-refractivity contribution in [3.8, 4) is 0 Å². The molecular formula is C22H26N2O2S. The summed E-state index contributed by atoms with van der Waals surface area (Å²) in [5, 5.41) is 3.79. The number of likely N-dealkylation sites (tertiary alicyclic amines) is 1. The monoisotopic (exact) mass is 382 g/mol. The lowest BCUT2D eigenvalue weighted by atomic mass is 9.94. The predicted molar refractivity (Wildman–Crippen MR) is 110 cm³/mol. The van der Waals surface area contributed by atoms with Crippen LogP contribution in [0.3, 0.4) is 0 Å². The van der Waals surface area contributed by atoms with Gasteiger partial charge in [-0.15, -0.1) is 11.3 Å². The molecule has 2 heterocycles. The number of benzene rings is 1. The van der Waals surface area contributed by atoms with Gasteiger partial charge < -0.3 is 10.2 Å². The maximum atomic E-state index is 13.5. The van der Waals surface area contributed by atoms with Crippen LogP contribution in [0.15, 0.2) is 30.3 Å². The van der Waals surface area contributed by atoms with E-state index in [1.165, 1.54) is 16.9 Å². The first-order valence-electron chi connectivity index (χ1n) is 9.97. The maximum Gasteiger partial charge on any atom is 0.257 e. The molecule has 0 spiro atoms. The average molecular weight is 383 g/mol. The van der Waals surface area contributed by atoms with E-state index in [4.69, 9.17) is 0 Å². The third-order valence-corrected chi connectivity index (χ3v) is 6.92. The predicted octanol–water partition coefficient (Wildman–Crippen LogP) is 4.89. The second-order valence-corrected chi connectivity index (χ2v) is 8.68. The lowest BCUT2D eigenvalue weighted by Crippen LogP contribution is -2.42. The number of piperidine rings is 1. The molecular weight excluding hydrogens is 356 g/mol. The van der Waals surface area contributed by atoms with Gasteiger partial charge in [0.05, 0.1) is 5.56 Å². The van der Waals surface area contributed by atoms with Gasteiger partial charge in [-0.05, 0) is 69.6 Å². The van der Waals surface area contributed by atoms with Crippen molar-refractivity contribution >= 4 is 28.2 Å². The summed E-state index contributed by atoms with van der Waals surface area (Å²) in [6.07, 6.45) is 7.54. The van der Waals surface area contributed by atoms with E-state index in [1.54, 1.807) is 23.5 Å². The van der Waals surface area contributed by atoms with Gasteiger partial charge in [0.2, 0.25) is 0 Å². The first-order chi connectivity index (χ1) is 13.1. The van der Waals surface area contributed by atoms with Gasteiger partial charge >= 0.3 is 0 Å². The van der Waals surface area contributed by atoms with Crippen LogP contribution in [-0.4, -0.2) is 29.3 Å². The van der Waals surface area contributed by atoms with Crippen molar-refractivity contribution < 1.29 is 9.59 Å². The molecule has 4 nitrogen and oxygen atoms in total. The molecule has 1 aliphatic carbocycles. The normalized spacial score (nSPS) is 19.4. The Labute approximate surface area is 164 Å². The number of anilines is 1. The SMILES string of the molecule is C[C@@H]1CCCCN1C(=O)c1c(NC(=O)c2ccccc2)sc2c1CCCC2. The van der Waals surface area contributed by atoms with E-state index in [1.807, 2.05) is 23.1 Å². The van der Waals surface area contributed by atoms with Crippen LogP contribution in [0.2, 0.25) is 0 Å². The Hall–Kier alpha value is -2.14. The van der Waals surface area contributed by atoms with Crippen LogP contribution in [0.5, 0.6) is 0 Å². The molecule has 142 valence electrons. The van der Waals surface area contributed by atoms with Crippen LogP contribution in [0.1, 0.15) is 70.2 Å². The lowest BCUT2D eigenvalue weighted by molar-refractivity contribution is 0.0636. The Balaban J connectivity index is 1.68. The van der Waals surface area contributed by atoms with Crippen LogP contribution in [0.25, 0.3) is 0 Å². The number of thiophene rings is 1. The summed E-state index contributed by atoms with van der Waals surface area (Å²) < 4.78 is 0. The summed E-state index contributed by atoms with van der Waals surface area (Å²) in [6, 6.07) is 9.48. The van der Waals surface area contributed by atoms with Crippen LogP contribution >= 0.6 is 11.3 Å². The first-order valence-corrected chi connectivity index (χ1v) is 10.8. The molecule has 27 heavy (non-hydrogen) atoms. The van der Waals surface area contributed by atoms with Crippen molar-refractivity contribution in [2.75, 3.05) is 11.9 Å². The van der Waals surface area contributed by atoms with Crippen molar-refractivity contribution in [3.63, 3.8) is 0 Å². The Bertz CT molecular complexity index is 843. The van der Waals surface area contributed by atoms with Crippen LogP contribution in [0.4, 0.5) is 5.00 Å². The molecule has 1 fully saturated rings. The molecule has 1 aromatic carbocycles. The largest absolute Gasteiger partial charge is 0.336 e. The Kier molecular flexibility index (Phi) is 5.30. The maximum absolute atomic E-state index is 13.5. The third-order valence-electron chi connectivity index (χ3n) is 5.71. The highest BCUT2D eigenvalue weighted by Gasteiger charge is 2.32. The zero-order chi connectivity index (χ0) is 18.8. The van der Waals surface area contributed by atoms with Crippen LogP contribution in [0, 0.1) is 0 Å². The van der Waals surface area contributed by atoms with Gasteiger partial charge in [-0.1, -0.05) is 18.2 Å². The minimum Gasteiger partial charge on any atom is -0.336 e. The number of amides is 2. The topological polar surface area (TPSA) is 49.4 Å². The Morgan fingerprint density at radius 1 is 1.07 bits per heavy atom. The lowest BCUT2D eigenvalue weighted by Gasteiger charge is -2.34. The smallest absolute Gasteiger partial charge is 0.257 e. The minimum absolute atomic E-state index is 0.102. The third kappa shape index (κ3) is 3.65. The second kappa shape index (κ2) is 7.85. The zero-order valence-corrected chi connectivity index (χ0v) is 16.6. The number of hydrogen-bond donors (Lipinski definition) is 1. The van der Waals surface area contributed by atoms with Crippen molar-refractivity contribution in [2.24, 2.45) is 0 Å². The summed E-state index contributed by atoms with van der Waals surface area (Å²) in [5.41, 5.74) is 2.55. The molecule has 1 aromatic heterocycles. The highest BCUT2D eigenvalue weighted by molar-refractivity contribution is 7.17. The summed E-state index contributed by atoms with van der Waals surface area (Å²) >= 11 is 1.60. The molecule has 5 heteroatoms. The van der Waals surface area contributed by atoms with E-state index in [-0.39, 0.29) is 17.9 Å². The molecule has 1 atom stereocenters.